The topological polar surface area (TPSA) is 49.8 Å². The molecule has 0 aliphatic carbocycles. The fourth-order valence-corrected chi connectivity index (χ4v) is 1.45. The Labute approximate surface area is 103 Å². The molecule has 17 heavy (non-hydrogen) atoms. The van der Waals surface area contributed by atoms with E-state index in [0.29, 0.717) is 16.7 Å². The highest BCUT2D eigenvalue weighted by Crippen LogP contribution is 2.25. The number of aromatic nitrogens is 2. The molecule has 0 unspecified atom stereocenters. The van der Waals surface area contributed by atoms with E-state index in [4.69, 9.17) is 11.6 Å². The predicted octanol–water partition coefficient (Wildman–Crippen LogP) is 3.05. The minimum Gasteiger partial charge on any atom is -0.357 e. The van der Waals surface area contributed by atoms with E-state index in [1.54, 1.807) is 31.3 Å². The van der Waals surface area contributed by atoms with Crippen LogP contribution in [0.4, 0.5) is 21.8 Å². The van der Waals surface area contributed by atoms with Crippen molar-refractivity contribution in [3.05, 3.63) is 41.3 Å². The first-order chi connectivity index (χ1) is 8.20. The number of nitrogens with one attached hydrogen (secondary N) is 2. The van der Waals surface area contributed by atoms with Gasteiger partial charge in [-0.1, -0.05) is 23.7 Å². The van der Waals surface area contributed by atoms with E-state index in [1.807, 2.05) is 0 Å². The summed E-state index contributed by atoms with van der Waals surface area (Å²) in [7, 11) is 1.66. The van der Waals surface area contributed by atoms with Crippen LogP contribution in [0.15, 0.2) is 30.5 Å². The van der Waals surface area contributed by atoms with E-state index >= 15 is 0 Å². The maximum Gasteiger partial charge on any atom is 0.224 e. The molecule has 0 bridgehead atoms. The molecule has 2 N–H and O–H groups in total. The Morgan fingerprint density at radius 3 is 2.76 bits per heavy atom. The van der Waals surface area contributed by atoms with Crippen LogP contribution in [0.1, 0.15) is 0 Å². The molecule has 0 saturated carbocycles. The van der Waals surface area contributed by atoms with Crippen LogP contribution in [0.2, 0.25) is 5.02 Å². The van der Waals surface area contributed by atoms with Gasteiger partial charge in [0, 0.05) is 7.05 Å². The SMILES string of the molecule is CNc1ncc(F)c(Nc2ccccc2Cl)n1. The molecule has 6 heteroatoms. The molecular weight excluding hydrogens is 243 g/mol. The highest BCUT2D eigenvalue weighted by Gasteiger charge is 2.08. The molecule has 0 aliphatic heterocycles. The van der Waals surface area contributed by atoms with Gasteiger partial charge in [-0.15, -0.1) is 0 Å². The molecule has 1 aromatic heterocycles. The summed E-state index contributed by atoms with van der Waals surface area (Å²) in [5.41, 5.74) is 0.591. The molecule has 0 spiro atoms. The fraction of sp³-hybridized carbons (Fsp3) is 0.0909. The summed E-state index contributed by atoms with van der Waals surface area (Å²) in [6.07, 6.45) is 1.10. The molecule has 0 saturated heterocycles. The average Bonchev–Trinajstić information content (AvgIpc) is 2.35. The summed E-state index contributed by atoms with van der Waals surface area (Å²) in [6, 6.07) is 7.04. The number of rotatable bonds is 3. The van der Waals surface area contributed by atoms with E-state index in [0.717, 1.165) is 6.20 Å². The molecule has 2 rings (SSSR count). The Balaban J connectivity index is 2.32. The van der Waals surface area contributed by atoms with Crippen molar-refractivity contribution >= 4 is 29.1 Å². The van der Waals surface area contributed by atoms with Crippen molar-refractivity contribution in [1.82, 2.24) is 9.97 Å². The number of hydrogen-bond donors (Lipinski definition) is 2. The van der Waals surface area contributed by atoms with Crippen molar-refractivity contribution in [3.8, 4) is 0 Å². The minimum absolute atomic E-state index is 0.0810. The summed E-state index contributed by atoms with van der Waals surface area (Å²) in [5.74, 6) is -0.123. The van der Waals surface area contributed by atoms with E-state index < -0.39 is 5.82 Å². The minimum atomic E-state index is -0.538. The van der Waals surface area contributed by atoms with Gasteiger partial charge in [-0.25, -0.2) is 9.37 Å². The first kappa shape index (κ1) is 11.6. The largest absolute Gasteiger partial charge is 0.357 e. The van der Waals surface area contributed by atoms with Crippen molar-refractivity contribution in [2.75, 3.05) is 17.7 Å². The molecule has 0 fully saturated rings. The summed E-state index contributed by atoms with van der Waals surface area (Å²) in [4.78, 5) is 7.71. The van der Waals surface area contributed by atoms with Crippen LogP contribution in [0.25, 0.3) is 0 Å². The Hall–Kier alpha value is -1.88. The Morgan fingerprint density at radius 2 is 2.06 bits per heavy atom. The maximum absolute atomic E-state index is 13.5. The second-order valence-corrected chi connectivity index (χ2v) is 3.65. The average molecular weight is 253 g/mol. The normalized spacial score (nSPS) is 10.1. The van der Waals surface area contributed by atoms with Crippen LogP contribution in [0.3, 0.4) is 0 Å². The first-order valence-corrected chi connectivity index (χ1v) is 5.30. The standard InChI is InChI=1S/C11H10ClFN4/c1-14-11-15-6-8(13)10(17-11)16-9-5-3-2-4-7(9)12/h2-6H,1H3,(H2,14,15,16,17). The van der Waals surface area contributed by atoms with Gasteiger partial charge in [-0.3, -0.25) is 0 Å². The molecule has 0 amide bonds. The molecule has 0 aliphatic rings. The van der Waals surface area contributed by atoms with Gasteiger partial charge < -0.3 is 10.6 Å². The fourth-order valence-electron chi connectivity index (χ4n) is 1.27. The summed E-state index contributed by atoms with van der Waals surface area (Å²) < 4.78 is 13.5. The van der Waals surface area contributed by atoms with Gasteiger partial charge in [0.25, 0.3) is 0 Å². The van der Waals surface area contributed by atoms with Crippen LogP contribution >= 0.6 is 11.6 Å². The highest BCUT2D eigenvalue weighted by atomic mass is 35.5. The number of halogens is 2. The van der Waals surface area contributed by atoms with Crippen molar-refractivity contribution in [2.24, 2.45) is 0 Å². The highest BCUT2D eigenvalue weighted by molar-refractivity contribution is 6.33. The lowest BCUT2D eigenvalue weighted by atomic mass is 10.3. The molecular formula is C11H10ClFN4. The number of anilines is 3. The van der Waals surface area contributed by atoms with Crippen molar-refractivity contribution < 1.29 is 4.39 Å². The third-order valence-corrected chi connectivity index (χ3v) is 2.42. The van der Waals surface area contributed by atoms with Gasteiger partial charge >= 0.3 is 0 Å². The number of para-hydroxylation sites is 1. The van der Waals surface area contributed by atoms with Crippen molar-refractivity contribution in [1.29, 1.82) is 0 Å². The monoisotopic (exact) mass is 252 g/mol. The second kappa shape index (κ2) is 4.97. The number of nitrogens with zero attached hydrogens (tertiary/aromatic N) is 2. The van der Waals surface area contributed by atoms with Gasteiger partial charge in [-0.2, -0.15) is 4.98 Å². The third-order valence-electron chi connectivity index (χ3n) is 2.09. The van der Waals surface area contributed by atoms with Gasteiger partial charge in [0.05, 0.1) is 16.9 Å². The number of hydrogen-bond acceptors (Lipinski definition) is 4. The van der Waals surface area contributed by atoms with Crippen LogP contribution in [0.5, 0.6) is 0 Å². The molecule has 0 radical (unpaired) electrons. The smallest absolute Gasteiger partial charge is 0.224 e. The van der Waals surface area contributed by atoms with Crippen LogP contribution in [-0.4, -0.2) is 17.0 Å². The van der Waals surface area contributed by atoms with Gasteiger partial charge in [0.15, 0.2) is 11.6 Å². The van der Waals surface area contributed by atoms with E-state index in [2.05, 4.69) is 20.6 Å². The van der Waals surface area contributed by atoms with E-state index in [9.17, 15) is 4.39 Å². The Kier molecular flexibility index (Phi) is 3.39. The van der Waals surface area contributed by atoms with Crippen molar-refractivity contribution in [2.45, 2.75) is 0 Å². The third kappa shape index (κ3) is 2.62. The summed E-state index contributed by atoms with van der Waals surface area (Å²) >= 11 is 5.96. The molecule has 0 atom stereocenters. The lowest BCUT2D eigenvalue weighted by molar-refractivity contribution is 0.619. The summed E-state index contributed by atoms with van der Waals surface area (Å²) in [5, 5.41) is 6.05. The Morgan fingerprint density at radius 1 is 1.29 bits per heavy atom. The zero-order valence-corrected chi connectivity index (χ0v) is 9.79. The second-order valence-electron chi connectivity index (χ2n) is 3.24. The lowest BCUT2D eigenvalue weighted by Gasteiger charge is -2.08. The van der Waals surface area contributed by atoms with Gasteiger partial charge in [0.2, 0.25) is 5.95 Å². The van der Waals surface area contributed by atoms with Crippen LogP contribution in [-0.2, 0) is 0 Å². The number of benzene rings is 1. The maximum atomic E-state index is 13.5. The van der Waals surface area contributed by atoms with Crippen molar-refractivity contribution in [3.63, 3.8) is 0 Å². The van der Waals surface area contributed by atoms with E-state index in [-0.39, 0.29) is 5.82 Å². The zero-order valence-electron chi connectivity index (χ0n) is 9.04. The van der Waals surface area contributed by atoms with Gasteiger partial charge in [-0.05, 0) is 12.1 Å². The van der Waals surface area contributed by atoms with Gasteiger partial charge in [0.1, 0.15) is 0 Å². The first-order valence-electron chi connectivity index (χ1n) is 4.92. The predicted molar refractivity (Wildman–Crippen MR) is 66.3 cm³/mol. The Bertz CT molecular complexity index is 533. The molecule has 2 aromatic rings. The zero-order chi connectivity index (χ0) is 12.3. The quantitative estimate of drug-likeness (QED) is 0.882. The molecule has 88 valence electrons. The summed E-state index contributed by atoms with van der Waals surface area (Å²) in [6.45, 7) is 0. The lowest BCUT2D eigenvalue weighted by Crippen LogP contribution is -2.03. The molecule has 1 heterocycles. The molecule has 1 aromatic carbocycles. The molecule has 4 nitrogen and oxygen atoms in total. The van der Waals surface area contributed by atoms with Crippen LogP contribution < -0.4 is 10.6 Å². The van der Waals surface area contributed by atoms with Crippen LogP contribution in [0, 0.1) is 5.82 Å². The van der Waals surface area contributed by atoms with E-state index in [1.165, 1.54) is 0 Å².